The molecule has 2 aromatic rings. The number of hydrogen-bond acceptors (Lipinski definition) is 5. The molecule has 2 N–H and O–H groups in total. The van der Waals surface area contributed by atoms with Gasteiger partial charge in [-0.3, -0.25) is 0 Å². The van der Waals surface area contributed by atoms with Gasteiger partial charge in [0.05, 0.1) is 5.52 Å². The first-order valence-corrected chi connectivity index (χ1v) is 6.27. The Bertz CT molecular complexity index is 658. The number of anilines is 1. The number of benzene rings is 1. The van der Waals surface area contributed by atoms with Crippen molar-refractivity contribution in [3.05, 3.63) is 42.7 Å². The van der Waals surface area contributed by atoms with Crippen LogP contribution < -0.4 is 15.2 Å². The lowest BCUT2D eigenvalue weighted by molar-refractivity contribution is 0.309. The number of ether oxygens (including phenoxy) is 2. The molecule has 1 aromatic carbocycles. The van der Waals surface area contributed by atoms with Crippen LogP contribution in [0.4, 0.5) is 5.82 Å². The molecule has 5 nitrogen and oxygen atoms in total. The first-order chi connectivity index (χ1) is 9.65. The molecule has 0 aliphatic heterocycles. The summed E-state index contributed by atoms with van der Waals surface area (Å²) in [6.07, 6.45) is 3.28. The average Bonchev–Trinajstić information content (AvgIpc) is 2.42. The summed E-state index contributed by atoms with van der Waals surface area (Å²) in [5.41, 5.74) is 6.43. The highest BCUT2D eigenvalue weighted by atomic mass is 35.5. The summed E-state index contributed by atoms with van der Waals surface area (Å²) in [5.74, 6) is 1.36. The molecule has 1 heterocycles. The second-order valence-corrected chi connectivity index (χ2v) is 4.23. The Morgan fingerprint density at radius 3 is 2.30 bits per heavy atom. The van der Waals surface area contributed by atoms with Crippen LogP contribution in [0.2, 0.25) is 5.28 Å². The van der Waals surface area contributed by atoms with Gasteiger partial charge in [-0.05, 0) is 17.7 Å². The molecule has 0 saturated carbocycles. The first-order valence-electron chi connectivity index (χ1n) is 5.90. The number of nitrogens with two attached hydrogens (primary N) is 1. The Labute approximate surface area is 121 Å². The molecule has 0 bridgehead atoms. The van der Waals surface area contributed by atoms with E-state index < -0.39 is 0 Å². The molecule has 0 aliphatic rings. The van der Waals surface area contributed by atoms with E-state index in [9.17, 15) is 0 Å². The Morgan fingerprint density at radius 1 is 1.10 bits per heavy atom. The van der Waals surface area contributed by atoms with E-state index >= 15 is 0 Å². The van der Waals surface area contributed by atoms with Gasteiger partial charge in [-0.25, -0.2) is 9.97 Å². The third kappa shape index (κ3) is 3.00. The number of nitrogens with zero attached hydrogens (tertiary/aromatic N) is 2. The lowest BCUT2D eigenvalue weighted by Crippen LogP contribution is -2.01. The summed E-state index contributed by atoms with van der Waals surface area (Å²) in [6, 6.07) is 3.43. The van der Waals surface area contributed by atoms with Gasteiger partial charge in [0.15, 0.2) is 11.5 Å². The van der Waals surface area contributed by atoms with E-state index in [-0.39, 0.29) is 5.28 Å². The summed E-state index contributed by atoms with van der Waals surface area (Å²) in [5, 5.41) is 0.740. The van der Waals surface area contributed by atoms with Crippen LogP contribution in [0.25, 0.3) is 10.9 Å². The highest BCUT2D eigenvalue weighted by Crippen LogP contribution is 2.34. The van der Waals surface area contributed by atoms with Crippen molar-refractivity contribution in [2.45, 2.75) is 0 Å². The molecule has 0 fully saturated rings. The van der Waals surface area contributed by atoms with Gasteiger partial charge in [0.25, 0.3) is 0 Å². The highest BCUT2D eigenvalue weighted by molar-refractivity contribution is 6.28. The molecule has 0 radical (unpaired) electrons. The number of hydrogen-bond donors (Lipinski definition) is 1. The molecule has 6 heteroatoms. The molecular weight excluding hydrogens is 278 g/mol. The van der Waals surface area contributed by atoms with Crippen LogP contribution in [-0.2, 0) is 0 Å². The van der Waals surface area contributed by atoms with Crippen molar-refractivity contribution in [1.82, 2.24) is 9.97 Å². The van der Waals surface area contributed by atoms with Crippen molar-refractivity contribution in [2.24, 2.45) is 0 Å². The van der Waals surface area contributed by atoms with E-state index in [2.05, 4.69) is 23.1 Å². The lowest BCUT2D eigenvalue weighted by atomic mass is 10.2. The van der Waals surface area contributed by atoms with Crippen LogP contribution >= 0.6 is 11.6 Å². The molecule has 0 aliphatic carbocycles. The van der Waals surface area contributed by atoms with Crippen LogP contribution in [-0.4, -0.2) is 23.2 Å². The van der Waals surface area contributed by atoms with E-state index in [0.29, 0.717) is 41.4 Å². The fraction of sp³-hybridized carbons (Fsp3) is 0.143. The summed E-state index contributed by atoms with van der Waals surface area (Å²) in [7, 11) is 0. The van der Waals surface area contributed by atoms with Crippen molar-refractivity contribution in [3.63, 3.8) is 0 Å². The molecule has 0 amide bonds. The number of halogens is 1. The van der Waals surface area contributed by atoms with Crippen molar-refractivity contribution in [2.75, 3.05) is 18.9 Å². The van der Waals surface area contributed by atoms with Crippen LogP contribution in [0.1, 0.15) is 0 Å². The lowest BCUT2D eigenvalue weighted by Gasteiger charge is -2.12. The normalized spacial score (nSPS) is 10.2. The maximum atomic E-state index is 5.84. The predicted octanol–water partition coefficient (Wildman–Crippen LogP) is 3.00. The molecule has 104 valence electrons. The molecule has 0 spiro atoms. The summed E-state index contributed by atoms with van der Waals surface area (Å²) in [4.78, 5) is 8.03. The second kappa shape index (κ2) is 6.25. The summed E-state index contributed by atoms with van der Waals surface area (Å²) < 4.78 is 11.1. The van der Waals surface area contributed by atoms with E-state index in [4.69, 9.17) is 26.8 Å². The van der Waals surface area contributed by atoms with Crippen LogP contribution in [0.5, 0.6) is 11.5 Å². The minimum absolute atomic E-state index is 0.0874. The Kier molecular flexibility index (Phi) is 4.42. The van der Waals surface area contributed by atoms with Gasteiger partial charge in [-0.2, -0.15) is 0 Å². The van der Waals surface area contributed by atoms with Crippen molar-refractivity contribution >= 4 is 28.3 Å². The summed E-state index contributed by atoms with van der Waals surface area (Å²) in [6.45, 7) is 7.92. The fourth-order valence-electron chi connectivity index (χ4n) is 1.65. The van der Waals surface area contributed by atoms with Crippen molar-refractivity contribution in [3.8, 4) is 11.5 Å². The maximum Gasteiger partial charge on any atom is 0.224 e. The Hall–Kier alpha value is -2.27. The molecule has 2 rings (SSSR count). The van der Waals surface area contributed by atoms with Gasteiger partial charge in [-0.1, -0.05) is 25.3 Å². The largest absolute Gasteiger partial charge is 0.486 e. The molecule has 20 heavy (non-hydrogen) atoms. The van der Waals surface area contributed by atoms with Gasteiger partial charge < -0.3 is 15.2 Å². The minimum atomic E-state index is 0.0874. The first kappa shape index (κ1) is 14.1. The minimum Gasteiger partial charge on any atom is -0.486 e. The van der Waals surface area contributed by atoms with E-state index in [1.165, 1.54) is 0 Å². The van der Waals surface area contributed by atoms with Crippen LogP contribution in [0, 0.1) is 0 Å². The Balaban J connectivity index is 2.54. The zero-order valence-electron chi connectivity index (χ0n) is 10.8. The molecule has 0 atom stereocenters. The predicted molar refractivity (Wildman–Crippen MR) is 80.3 cm³/mol. The molecule has 0 saturated heterocycles. The van der Waals surface area contributed by atoms with E-state index in [1.807, 2.05) is 0 Å². The number of nitrogen functional groups attached to an aromatic ring is 1. The number of fused-ring (bicyclic) bond motifs is 1. The second-order valence-electron chi connectivity index (χ2n) is 3.89. The zero-order chi connectivity index (χ0) is 14.5. The Morgan fingerprint density at radius 2 is 1.70 bits per heavy atom. The molecular formula is C14H14ClN3O2. The maximum absolute atomic E-state index is 5.84. The van der Waals surface area contributed by atoms with Gasteiger partial charge in [0, 0.05) is 11.5 Å². The topological polar surface area (TPSA) is 70.3 Å². The van der Waals surface area contributed by atoms with Gasteiger partial charge in [0.1, 0.15) is 19.0 Å². The zero-order valence-corrected chi connectivity index (χ0v) is 11.6. The quantitative estimate of drug-likeness (QED) is 0.654. The van der Waals surface area contributed by atoms with E-state index in [1.54, 1.807) is 24.3 Å². The fourth-order valence-corrected chi connectivity index (χ4v) is 1.84. The number of rotatable bonds is 6. The van der Waals surface area contributed by atoms with Crippen LogP contribution in [0.3, 0.4) is 0 Å². The highest BCUT2D eigenvalue weighted by Gasteiger charge is 2.12. The van der Waals surface area contributed by atoms with Gasteiger partial charge >= 0.3 is 0 Å². The summed E-state index contributed by atoms with van der Waals surface area (Å²) >= 11 is 5.80. The smallest absolute Gasteiger partial charge is 0.224 e. The van der Waals surface area contributed by atoms with Crippen molar-refractivity contribution in [1.29, 1.82) is 0 Å². The monoisotopic (exact) mass is 291 g/mol. The number of aromatic nitrogens is 2. The van der Waals surface area contributed by atoms with E-state index in [0.717, 1.165) is 0 Å². The molecule has 0 unspecified atom stereocenters. The van der Waals surface area contributed by atoms with Crippen molar-refractivity contribution < 1.29 is 9.47 Å². The molecule has 1 aromatic heterocycles. The van der Waals surface area contributed by atoms with Gasteiger partial charge in [0.2, 0.25) is 5.28 Å². The van der Waals surface area contributed by atoms with Crippen LogP contribution in [0.15, 0.2) is 37.4 Å². The third-order valence-corrected chi connectivity index (χ3v) is 2.65. The SMILES string of the molecule is C=CCOc1cc2nc(Cl)nc(N)c2cc1OCC=C. The standard InChI is InChI=1S/C14H14ClN3O2/c1-3-5-19-11-7-9-10(8-12(11)20-6-4-2)17-14(15)18-13(9)16/h3-4,7-8H,1-2,5-6H2,(H2,16,17,18). The van der Waals surface area contributed by atoms with Gasteiger partial charge in [-0.15, -0.1) is 0 Å². The third-order valence-electron chi connectivity index (χ3n) is 2.48. The average molecular weight is 292 g/mol.